The van der Waals surface area contributed by atoms with E-state index < -0.39 is 5.82 Å². The van der Waals surface area contributed by atoms with E-state index >= 15 is 0 Å². The second-order valence-corrected chi connectivity index (χ2v) is 6.57. The number of aromatic nitrogens is 4. The summed E-state index contributed by atoms with van der Waals surface area (Å²) in [5.41, 5.74) is 1.39. The van der Waals surface area contributed by atoms with Crippen molar-refractivity contribution in [2.45, 2.75) is 25.7 Å². The number of hydrogen-bond donors (Lipinski definition) is 0. The molecular formula is C19H18FN5O2. The number of benzene rings is 1. The van der Waals surface area contributed by atoms with Crippen molar-refractivity contribution < 1.29 is 13.7 Å². The fourth-order valence-corrected chi connectivity index (χ4v) is 3.19. The SMILES string of the molecule is Cc1cnc(-c2nc(C3CCCN(C(=O)c4ccccc4F)C3)no2)cn1. The van der Waals surface area contributed by atoms with Gasteiger partial charge in [-0.2, -0.15) is 4.98 Å². The first-order valence-electron chi connectivity index (χ1n) is 8.78. The number of rotatable bonds is 3. The van der Waals surface area contributed by atoms with Crippen LogP contribution in [-0.4, -0.2) is 44.0 Å². The van der Waals surface area contributed by atoms with Crippen LogP contribution >= 0.6 is 0 Å². The van der Waals surface area contributed by atoms with Gasteiger partial charge in [0.05, 0.1) is 17.5 Å². The number of amides is 1. The van der Waals surface area contributed by atoms with E-state index in [0.717, 1.165) is 18.5 Å². The predicted molar refractivity (Wildman–Crippen MR) is 94.3 cm³/mol. The van der Waals surface area contributed by atoms with Gasteiger partial charge in [-0.05, 0) is 31.9 Å². The molecule has 1 aliphatic heterocycles. The van der Waals surface area contributed by atoms with Crippen molar-refractivity contribution in [3.05, 3.63) is 59.6 Å². The second kappa shape index (κ2) is 7.22. The van der Waals surface area contributed by atoms with Crippen LogP contribution in [0.3, 0.4) is 0 Å². The molecule has 0 bridgehead atoms. The number of hydrogen-bond acceptors (Lipinski definition) is 6. The molecule has 1 fully saturated rings. The summed E-state index contributed by atoms with van der Waals surface area (Å²) in [5, 5.41) is 4.06. The zero-order chi connectivity index (χ0) is 18.8. The molecule has 1 aromatic carbocycles. The maximum atomic E-state index is 13.9. The number of piperidine rings is 1. The van der Waals surface area contributed by atoms with E-state index in [1.807, 2.05) is 6.92 Å². The molecule has 1 amide bonds. The molecule has 3 heterocycles. The number of carbonyl (C=O) groups is 1. The molecule has 0 saturated carbocycles. The van der Waals surface area contributed by atoms with Crippen molar-refractivity contribution >= 4 is 5.91 Å². The monoisotopic (exact) mass is 367 g/mol. The minimum atomic E-state index is -0.510. The lowest BCUT2D eigenvalue weighted by Crippen LogP contribution is -2.39. The quantitative estimate of drug-likeness (QED) is 0.707. The highest BCUT2D eigenvalue weighted by atomic mass is 19.1. The zero-order valence-corrected chi connectivity index (χ0v) is 14.8. The molecular weight excluding hydrogens is 349 g/mol. The van der Waals surface area contributed by atoms with Crippen LogP contribution in [0.2, 0.25) is 0 Å². The van der Waals surface area contributed by atoms with Gasteiger partial charge in [0, 0.05) is 25.2 Å². The largest absolute Gasteiger partial charge is 0.338 e. The van der Waals surface area contributed by atoms with Crippen LogP contribution in [0.4, 0.5) is 4.39 Å². The van der Waals surface area contributed by atoms with Gasteiger partial charge in [-0.15, -0.1) is 0 Å². The Morgan fingerprint density at radius 1 is 1.26 bits per heavy atom. The number of aryl methyl sites for hydroxylation is 1. The Labute approximate surface area is 155 Å². The minimum Gasteiger partial charge on any atom is -0.338 e. The average Bonchev–Trinajstić information content (AvgIpc) is 3.19. The zero-order valence-electron chi connectivity index (χ0n) is 14.8. The van der Waals surface area contributed by atoms with Crippen molar-refractivity contribution in [1.82, 2.24) is 25.0 Å². The van der Waals surface area contributed by atoms with Gasteiger partial charge in [0.15, 0.2) is 5.82 Å². The van der Waals surface area contributed by atoms with Gasteiger partial charge in [0.2, 0.25) is 0 Å². The smallest absolute Gasteiger partial charge is 0.278 e. The third kappa shape index (κ3) is 3.55. The van der Waals surface area contributed by atoms with Crippen LogP contribution in [-0.2, 0) is 0 Å². The summed E-state index contributed by atoms with van der Waals surface area (Å²) < 4.78 is 19.3. The van der Waals surface area contributed by atoms with Crippen LogP contribution in [0.5, 0.6) is 0 Å². The lowest BCUT2D eigenvalue weighted by molar-refractivity contribution is 0.0699. The van der Waals surface area contributed by atoms with Crippen molar-refractivity contribution in [2.24, 2.45) is 0 Å². The molecule has 0 N–H and O–H groups in total. The van der Waals surface area contributed by atoms with Gasteiger partial charge in [-0.3, -0.25) is 9.78 Å². The van der Waals surface area contributed by atoms with Crippen molar-refractivity contribution in [3.8, 4) is 11.6 Å². The molecule has 8 heteroatoms. The molecule has 0 aliphatic carbocycles. The average molecular weight is 367 g/mol. The molecule has 4 rings (SSSR count). The van der Waals surface area contributed by atoms with Crippen LogP contribution in [0.25, 0.3) is 11.6 Å². The summed E-state index contributed by atoms with van der Waals surface area (Å²) in [7, 11) is 0. The van der Waals surface area contributed by atoms with E-state index in [2.05, 4.69) is 20.1 Å². The Morgan fingerprint density at radius 3 is 2.89 bits per heavy atom. The van der Waals surface area contributed by atoms with Gasteiger partial charge in [0.25, 0.3) is 11.8 Å². The number of nitrogens with zero attached hydrogens (tertiary/aromatic N) is 5. The standard InChI is InChI=1S/C19H18FN5O2/c1-12-9-22-16(10-21-12)18-23-17(24-27-18)13-5-4-8-25(11-13)19(26)14-6-2-3-7-15(14)20/h2-3,6-7,9-10,13H,4-5,8,11H2,1H3. The van der Waals surface area contributed by atoms with E-state index in [1.165, 1.54) is 12.1 Å². The molecule has 2 aromatic heterocycles. The Bertz CT molecular complexity index is 957. The van der Waals surface area contributed by atoms with E-state index in [4.69, 9.17) is 4.52 Å². The number of likely N-dealkylation sites (tertiary alicyclic amines) is 1. The van der Waals surface area contributed by atoms with Crippen LogP contribution < -0.4 is 0 Å². The summed E-state index contributed by atoms with van der Waals surface area (Å²) in [6.07, 6.45) is 4.84. The van der Waals surface area contributed by atoms with Crippen LogP contribution in [0.1, 0.15) is 40.6 Å². The third-order valence-corrected chi connectivity index (χ3v) is 4.62. The van der Waals surface area contributed by atoms with E-state index in [0.29, 0.717) is 30.5 Å². The maximum absolute atomic E-state index is 13.9. The van der Waals surface area contributed by atoms with Crippen LogP contribution in [0, 0.1) is 12.7 Å². The highest BCUT2D eigenvalue weighted by molar-refractivity contribution is 5.94. The summed E-state index contributed by atoms with van der Waals surface area (Å²) >= 11 is 0. The molecule has 1 atom stereocenters. The summed E-state index contributed by atoms with van der Waals surface area (Å²) in [6.45, 7) is 2.85. The number of halogens is 1. The first-order valence-corrected chi connectivity index (χ1v) is 8.78. The molecule has 0 spiro atoms. The molecule has 1 unspecified atom stereocenters. The Balaban J connectivity index is 1.51. The fraction of sp³-hybridized carbons (Fsp3) is 0.316. The van der Waals surface area contributed by atoms with Crippen molar-refractivity contribution in [1.29, 1.82) is 0 Å². The molecule has 7 nitrogen and oxygen atoms in total. The van der Waals surface area contributed by atoms with Crippen molar-refractivity contribution in [3.63, 3.8) is 0 Å². The van der Waals surface area contributed by atoms with Gasteiger partial charge in [-0.25, -0.2) is 9.37 Å². The van der Waals surface area contributed by atoms with Gasteiger partial charge in [0.1, 0.15) is 11.5 Å². The Morgan fingerprint density at radius 2 is 2.11 bits per heavy atom. The van der Waals surface area contributed by atoms with E-state index in [1.54, 1.807) is 29.4 Å². The topological polar surface area (TPSA) is 85.0 Å². The summed E-state index contributed by atoms with van der Waals surface area (Å²) in [6, 6.07) is 6.03. The van der Waals surface area contributed by atoms with Crippen molar-refractivity contribution in [2.75, 3.05) is 13.1 Å². The van der Waals surface area contributed by atoms with E-state index in [-0.39, 0.29) is 17.4 Å². The minimum absolute atomic E-state index is 0.0645. The first kappa shape index (κ1) is 17.3. The predicted octanol–water partition coefficient (Wildman–Crippen LogP) is 2.99. The Kier molecular flexibility index (Phi) is 4.62. The molecule has 3 aromatic rings. The Hall–Kier alpha value is -3.16. The third-order valence-electron chi connectivity index (χ3n) is 4.62. The van der Waals surface area contributed by atoms with Gasteiger partial charge < -0.3 is 9.42 Å². The van der Waals surface area contributed by atoms with Gasteiger partial charge in [-0.1, -0.05) is 17.3 Å². The molecule has 0 radical (unpaired) electrons. The highest BCUT2D eigenvalue weighted by Crippen LogP contribution is 2.27. The molecule has 1 aliphatic rings. The van der Waals surface area contributed by atoms with E-state index in [9.17, 15) is 9.18 Å². The number of carbonyl (C=O) groups excluding carboxylic acids is 1. The van der Waals surface area contributed by atoms with Gasteiger partial charge >= 0.3 is 0 Å². The highest BCUT2D eigenvalue weighted by Gasteiger charge is 2.29. The maximum Gasteiger partial charge on any atom is 0.278 e. The molecule has 27 heavy (non-hydrogen) atoms. The normalized spacial score (nSPS) is 17.1. The first-order chi connectivity index (χ1) is 13.1. The lowest BCUT2D eigenvalue weighted by Gasteiger charge is -2.31. The summed E-state index contributed by atoms with van der Waals surface area (Å²) in [4.78, 5) is 27.1. The second-order valence-electron chi connectivity index (χ2n) is 6.57. The lowest BCUT2D eigenvalue weighted by atomic mass is 9.96. The van der Waals surface area contributed by atoms with Crippen LogP contribution in [0.15, 0.2) is 41.2 Å². The summed E-state index contributed by atoms with van der Waals surface area (Å²) in [5.74, 6) is -0.0609. The molecule has 1 saturated heterocycles. The fourth-order valence-electron chi connectivity index (χ4n) is 3.19. The molecule has 138 valence electrons.